The molecule has 0 aliphatic rings. The smallest absolute Gasteiger partial charge is 0.309 e. The van der Waals surface area contributed by atoms with E-state index in [0.29, 0.717) is 0 Å². The first-order chi connectivity index (χ1) is 7.42. The Kier molecular flexibility index (Phi) is 6.54. The van der Waals surface area contributed by atoms with Gasteiger partial charge in [0.05, 0.1) is 17.9 Å². The van der Waals surface area contributed by atoms with E-state index in [2.05, 4.69) is 11.3 Å². The number of rotatable bonds is 4. The van der Waals surface area contributed by atoms with Gasteiger partial charge >= 0.3 is 5.97 Å². The van der Waals surface area contributed by atoms with Crippen LogP contribution in [0.15, 0.2) is 29.1 Å². The molecular weight excluding hydrogens is 204 g/mol. The molecule has 3 nitrogen and oxygen atoms in total. The molecule has 0 radical (unpaired) electrons. The third-order valence-electron chi connectivity index (χ3n) is 2.93. The molecule has 1 heterocycles. The zero-order valence-electron chi connectivity index (χ0n) is 10.6. The van der Waals surface area contributed by atoms with Crippen molar-refractivity contribution in [3.8, 4) is 0 Å². The zero-order valence-corrected chi connectivity index (χ0v) is 10.6. The zero-order chi connectivity index (χ0) is 12.6. The van der Waals surface area contributed by atoms with Crippen molar-refractivity contribution in [2.75, 3.05) is 0 Å². The summed E-state index contributed by atoms with van der Waals surface area (Å²) in [4.78, 5) is 10.7. The van der Waals surface area contributed by atoms with E-state index in [1.165, 1.54) is 0 Å². The summed E-state index contributed by atoms with van der Waals surface area (Å²) in [6.45, 7) is 7.65. The lowest BCUT2D eigenvalue weighted by Crippen LogP contribution is -2.30. The van der Waals surface area contributed by atoms with Crippen molar-refractivity contribution in [1.82, 2.24) is 0 Å². The molecule has 0 fully saturated rings. The number of carboxylic acid groups (broad SMARTS) is 1. The first-order valence-electron chi connectivity index (χ1n) is 5.63. The van der Waals surface area contributed by atoms with Crippen LogP contribution in [0.1, 0.15) is 40.5 Å². The molecule has 1 N–H and O–H groups in total. The fourth-order valence-corrected chi connectivity index (χ4v) is 1.23. The van der Waals surface area contributed by atoms with Crippen LogP contribution in [0.2, 0.25) is 0 Å². The molecule has 0 saturated carbocycles. The maximum atomic E-state index is 10.7. The van der Waals surface area contributed by atoms with E-state index in [1.54, 1.807) is 26.4 Å². The number of carbonyl (C=O) groups is 1. The Balaban J connectivity index is 0.000000368. The van der Waals surface area contributed by atoms with Crippen molar-refractivity contribution in [2.24, 2.45) is 11.3 Å². The van der Waals surface area contributed by atoms with Gasteiger partial charge in [-0.2, -0.15) is 0 Å². The van der Waals surface area contributed by atoms with Gasteiger partial charge in [-0.3, -0.25) is 4.79 Å². The van der Waals surface area contributed by atoms with Crippen LogP contribution in [-0.2, 0) is 4.79 Å². The molecular formula is C13H22O3. The first-order valence-corrected chi connectivity index (χ1v) is 5.63. The van der Waals surface area contributed by atoms with Gasteiger partial charge in [0.2, 0.25) is 0 Å². The summed E-state index contributed by atoms with van der Waals surface area (Å²) in [5.41, 5.74) is -0.573. The van der Waals surface area contributed by atoms with E-state index in [0.717, 1.165) is 12.8 Å². The number of furan rings is 1. The minimum absolute atomic E-state index is 0.255. The SMILES string of the molecule is CCCC(C)C(C)(C)C(=O)O.c1ccoc1. The Hall–Kier alpha value is -1.25. The van der Waals surface area contributed by atoms with Crippen molar-refractivity contribution >= 4 is 5.97 Å². The van der Waals surface area contributed by atoms with Gasteiger partial charge in [-0.25, -0.2) is 0 Å². The summed E-state index contributed by atoms with van der Waals surface area (Å²) in [5.74, 6) is -0.441. The highest BCUT2D eigenvalue weighted by atomic mass is 16.4. The van der Waals surface area contributed by atoms with Gasteiger partial charge in [0, 0.05) is 0 Å². The Morgan fingerprint density at radius 3 is 2.12 bits per heavy atom. The maximum Gasteiger partial charge on any atom is 0.309 e. The van der Waals surface area contributed by atoms with Crippen LogP contribution in [0.4, 0.5) is 0 Å². The fourth-order valence-electron chi connectivity index (χ4n) is 1.23. The maximum absolute atomic E-state index is 10.7. The average molecular weight is 226 g/mol. The molecule has 16 heavy (non-hydrogen) atoms. The van der Waals surface area contributed by atoms with Crippen LogP contribution in [0.25, 0.3) is 0 Å². The van der Waals surface area contributed by atoms with Gasteiger partial charge in [0.25, 0.3) is 0 Å². The number of aliphatic carboxylic acids is 1. The summed E-state index contributed by atoms with van der Waals surface area (Å²) < 4.78 is 4.58. The van der Waals surface area contributed by atoms with Gasteiger partial charge in [-0.15, -0.1) is 0 Å². The normalized spacial score (nSPS) is 12.5. The Bertz CT molecular complexity index is 258. The number of carboxylic acids is 1. The third-order valence-corrected chi connectivity index (χ3v) is 2.93. The number of hydrogen-bond acceptors (Lipinski definition) is 2. The molecule has 1 aromatic heterocycles. The van der Waals surface area contributed by atoms with E-state index >= 15 is 0 Å². The number of hydrogen-bond donors (Lipinski definition) is 1. The van der Waals surface area contributed by atoms with E-state index < -0.39 is 11.4 Å². The van der Waals surface area contributed by atoms with Crippen molar-refractivity contribution in [2.45, 2.75) is 40.5 Å². The topological polar surface area (TPSA) is 50.4 Å². The molecule has 0 aliphatic heterocycles. The van der Waals surface area contributed by atoms with E-state index in [9.17, 15) is 4.79 Å². The third kappa shape index (κ3) is 5.01. The first kappa shape index (κ1) is 14.8. The standard InChI is InChI=1S/C9H18O2.C4H4O/c1-5-6-7(2)9(3,4)8(10)11;1-2-4-5-3-1/h7H,5-6H2,1-4H3,(H,10,11);1-4H. The molecule has 0 aromatic carbocycles. The second-order valence-electron chi connectivity index (χ2n) is 4.51. The molecule has 0 spiro atoms. The lowest BCUT2D eigenvalue weighted by molar-refractivity contribution is -0.149. The highest BCUT2D eigenvalue weighted by Crippen LogP contribution is 2.29. The summed E-state index contributed by atoms with van der Waals surface area (Å²) in [6, 6.07) is 3.67. The Morgan fingerprint density at radius 2 is 1.88 bits per heavy atom. The van der Waals surface area contributed by atoms with Gasteiger partial charge in [-0.1, -0.05) is 20.3 Å². The van der Waals surface area contributed by atoms with Crippen LogP contribution in [0, 0.1) is 11.3 Å². The van der Waals surface area contributed by atoms with Crippen LogP contribution >= 0.6 is 0 Å². The van der Waals surface area contributed by atoms with Crippen molar-refractivity contribution in [3.05, 3.63) is 24.7 Å². The summed E-state index contributed by atoms with van der Waals surface area (Å²) in [5, 5.41) is 8.84. The second kappa shape index (κ2) is 7.09. The molecule has 0 amide bonds. The minimum Gasteiger partial charge on any atom is -0.481 e. The average Bonchev–Trinajstić information content (AvgIpc) is 2.75. The van der Waals surface area contributed by atoms with Gasteiger partial charge in [0.15, 0.2) is 0 Å². The predicted octanol–water partition coefficient (Wildman–Crippen LogP) is 3.81. The summed E-state index contributed by atoms with van der Waals surface area (Å²) in [7, 11) is 0. The molecule has 3 heteroatoms. The molecule has 0 aliphatic carbocycles. The Labute approximate surface area is 97.5 Å². The molecule has 92 valence electrons. The van der Waals surface area contributed by atoms with Crippen LogP contribution in [0.5, 0.6) is 0 Å². The molecule has 1 aromatic rings. The molecule has 0 saturated heterocycles. The molecule has 1 atom stereocenters. The summed E-state index contributed by atoms with van der Waals surface area (Å²) >= 11 is 0. The highest BCUT2D eigenvalue weighted by Gasteiger charge is 2.32. The van der Waals surface area contributed by atoms with Crippen LogP contribution in [0.3, 0.4) is 0 Å². The second-order valence-corrected chi connectivity index (χ2v) is 4.51. The monoisotopic (exact) mass is 226 g/mol. The van der Waals surface area contributed by atoms with Gasteiger partial charge in [-0.05, 0) is 38.3 Å². The lowest BCUT2D eigenvalue weighted by Gasteiger charge is -2.26. The predicted molar refractivity (Wildman–Crippen MR) is 64.2 cm³/mol. The van der Waals surface area contributed by atoms with Crippen molar-refractivity contribution in [1.29, 1.82) is 0 Å². The molecule has 1 rings (SSSR count). The Morgan fingerprint density at radius 1 is 1.38 bits per heavy atom. The fraction of sp³-hybridized carbons (Fsp3) is 0.615. The molecule has 0 bridgehead atoms. The summed E-state index contributed by atoms with van der Waals surface area (Å²) in [6.07, 6.45) is 5.29. The molecule has 1 unspecified atom stereocenters. The van der Waals surface area contributed by atoms with E-state index in [4.69, 9.17) is 5.11 Å². The van der Waals surface area contributed by atoms with Crippen LogP contribution < -0.4 is 0 Å². The van der Waals surface area contributed by atoms with Crippen LogP contribution in [-0.4, -0.2) is 11.1 Å². The van der Waals surface area contributed by atoms with Crippen molar-refractivity contribution in [3.63, 3.8) is 0 Å². The van der Waals surface area contributed by atoms with Gasteiger partial charge in [0.1, 0.15) is 0 Å². The van der Waals surface area contributed by atoms with E-state index in [-0.39, 0.29) is 5.92 Å². The largest absolute Gasteiger partial charge is 0.481 e. The quantitative estimate of drug-likeness (QED) is 0.849. The van der Waals surface area contributed by atoms with Gasteiger partial charge < -0.3 is 9.52 Å². The minimum atomic E-state index is -0.696. The van der Waals surface area contributed by atoms with E-state index in [1.807, 2.05) is 19.1 Å². The van der Waals surface area contributed by atoms with Crippen molar-refractivity contribution < 1.29 is 14.3 Å². The lowest BCUT2D eigenvalue weighted by atomic mass is 9.78. The highest BCUT2D eigenvalue weighted by molar-refractivity contribution is 5.73.